The molecule has 5 nitrogen and oxygen atoms in total. The molecule has 0 bridgehead atoms. The molecule has 160 valence electrons. The molecule has 0 atom stereocenters. The van der Waals surface area contributed by atoms with E-state index < -0.39 is 5.82 Å². The minimum Gasteiger partial charge on any atom is -0.339 e. The van der Waals surface area contributed by atoms with Gasteiger partial charge in [-0.1, -0.05) is 41.4 Å². The summed E-state index contributed by atoms with van der Waals surface area (Å²) in [5.41, 5.74) is 1.80. The van der Waals surface area contributed by atoms with Gasteiger partial charge in [0.05, 0.1) is 27.7 Å². The zero-order valence-corrected chi connectivity index (χ0v) is 18.7. The van der Waals surface area contributed by atoms with E-state index in [2.05, 4.69) is 4.98 Å². The smallest absolute Gasteiger partial charge is 0.255 e. The number of halogens is 3. The molecule has 9 heteroatoms. The van der Waals surface area contributed by atoms with Crippen LogP contribution in [-0.4, -0.2) is 52.8 Å². The van der Waals surface area contributed by atoms with Crippen molar-refractivity contribution in [3.8, 4) is 10.6 Å². The standard InChI is InChI=1S/C22H18Cl2FN3O2S/c23-18-4-2-1-3-16(18)21-26-15(13-31-21)12-20(29)27-7-9-28(10-8-27)22(30)17-6-5-14(25)11-19(17)24/h1-6,11,13H,7-10,12H2. The monoisotopic (exact) mass is 477 g/mol. The molecule has 0 saturated carbocycles. The van der Waals surface area contributed by atoms with Gasteiger partial charge in [0, 0.05) is 37.1 Å². The average molecular weight is 478 g/mol. The van der Waals surface area contributed by atoms with Crippen molar-refractivity contribution < 1.29 is 14.0 Å². The third-order valence-electron chi connectivity index (χ3n) is 5.07. The third-order valence-corrected chi connectivity index (χ3v) is 6.64. The maximum Gasteiger partial charge on any atom is 0.255 e. The van der Waals surface area contributed by atoms with E-state index in [1.165, 1.54) is 23.5 Å². The molecule has 2 amide bonds. The maximum atomic E-state index is 13.2. The van der Waals surface area contributed by atoms with Crippen LogP contribution in [0.15, 0.2) is 47.8 Å². The van der Waals surface area contributed by atoms with Gasteiger partial charge in [0.2, 0.25) is 5.91 Å². The number of piperazine rings is 1. The van der Waals surface area contributed by atoms with E-state index in [-0.39, 0.29) is 28.8 Å². The predicted molar refractivity (Wildman–Crippen MR) is 120 cm³/mol. The highest BCUT2D eigenvalue weighted by Gasteiger charge is 2.26. The first-order valence-electron chi connectivity index (χ1n) is 9.64. The van der Waals surface area contributed by atoms with Gasteiger partial charge in [0.1, 0.15) is 10.8 Å². The minimum atomic E-state index is -0.489. The third kappa shape index (κ3) is 4.89. The number of carbonyl (C=O) groups excluding carboxylic acids is 2. The molecule has 3 aromatic rings. The fourth-order valence-corrected chi connectivity index (χ4v) is 4.79. The van der Waals surface area contributed by atoms with Crippen molar-refractivity contribution in [2.45, 2.75) is 6.42 Å². The van der Waals surface area contributed by atoms with E-state index in [1.54, 1.807) is 9.80 Å². The largest absolute Gasteiger partial charge is 0.339 e. The Hall–Kier alpha value is -2.48. The van der Waals surface area contributed by atoms with Crippen LogP contribution in [0.2, 0.25) is 10.0 Å². The van der Waals surface area contributed by atoms with Crippen LogP contribution in [0.1, 0.15) is 16.1 Å². The van der Waals surface area contributed by atoms with E-state index in [1.807, 2.05) is 29.6 Å². The zero-order chi connectivity index (χ0) is 22.0. The molecule has 4 rings (SSSR count). The van der Waals surface area contributed by atoms with Gasteiger partial charge in [-0.15, -0.1) is 11.3 Å². The van der Waals surface area contributed by atoms with Crippen molar-refractivity contribution in [2.75, 3.05) is 26.2 Å². The first-order chi connectivity index (χ1) is 14.9. The lowest BCUT2D eigenvalue weighted by Crippen LogP contribution is -2.51. The molecule has 0 N–H and O–H groups in total. The number of hydrogen-bond donors (Lipinski definition) is 0. The second-order valence-electron chi connectivity index (χ2n) is 7.10. The topological polar surface area (TPSA) is 53.5 Å². The number of thiazole rings is 1. The van der Waals surface area contributed by atoms with E-state index in [0.29, 0.717) is 36.9 Å². The second kappa shape index (κ2) is 9.34. The highest BCUT2D eigenvalue weighted by atomic mass is 35.5. The normalized spacial score (nSPS) is 14.0. The number of amides is 2. The van der Waals surface area contributed by atoms with Crippen LogP contribution in [0.4, 0.5) is 4.39 Å². The molecule has 1 saturated heterocycles. The molecule has 0 radical (unpaired) electrons. The SMILES string of the molecule is O=C(Cc1csc(-c2ccccc2Cl)n1)N1CCN(C(=O)c2ccc(F)cc2Cl)CC1. The van der Waals surface area contributed by atoms with Crippen molar-refractivity contribution >= 4 is 46.4 Å². The molecule has 2 aromatic carbocycles. The van der Waals surface area contributed by atoms with Gasteiger partial charge in [0.15, 0.2) is 0 Å². The van der Waals surface area contributed by atoms with Crippen molar-refractivity contribution in [3.63, 3.8) is 0 Å². The summed E-state index contributed by atoms with van der Waals surface area (Å²) in [5.74, 6) is -0.791. The highest BCUT2D eigenvalue weighted by molar-refractivity contribution is 7.13. The first-order valence-corrected chi connectivity index (χ1v) is 11.3. The number of benzene rings is 2. The highest BCUT2D eigenvalue weighted by Crippen LogP contribution is 2.30. The van der Waals surface area contributed by atoms with Gasteiger partial charge < -0.3 is 9.80 Å². The molecular formula is C22H18Cl2FN3O2S. The Balaban J connectivity index is 1.35. The Morgan fingerprint density at radius 2 is 1.71 bits per heavy atom. The van der Waals surface area contributed by atoms with Gasteiger partial charge >= 0.3 is 0 Å². The van der Waals surface area contributed by atoms with E-state index in [4.69, 9.17) is 23.2 Å². The summed E-state index contributed by atoms with van der Waals surface area (Å²) in [5, 5.41) is 3.35. The molecule has 1 aliphatic heterocycles. The van der Waals surface area contributed by atoms with Gasteiger partial charge in [-0.05, 0) is 24.3 Å². The van der Waals surface area contributed by atoms with Crippen LogP contribution in [-0.2, 0) is 11.2 Å². The summed E-state index contributed by atoms with van der Waals surface area (Å²) in [6.45, 7) is 1.62. The van der Waals surface area contributed by atoms with Crippen LogP contribution >= 0.6 is 34.5 Å². The number of aromatic nitrogens is 1. The van der Waals surface area contributed by atoms with E-state index in [9.17, 15) is 14.0 Å². The fraction of sp³-hybridized carbons (Fsp3) is 0.227. The van der Waals surface area contributed by atoms with Gasteiger partial charge in [-0.3, -0.25) is 9.59 Å². The molecule has 31 heavy (non-hydrogen) atoms. The van der Waals surface area contributed by atoms with E-state index >= 15 is 0 Å². The molecule has 0 unspecified atom stereocenters. The Morgan fingerprint density at radius 1 is 1.00 bits per heavy atom. The Morgan fingerprint density at radius 3 is 2.42 bits per heavy atom. The van der Waals surface area contributed by atoms with Gasteiger partial charge in [-0.25, -0.2) is 9.37 Å². The van der Waals surface area contributed by atoms with Crippen molar-refractivity contribution in [1.29, 1.82) is 0 Å². The second-order valence-corrected chi connectivity index (χ2v) is 8.77. The average Bonchev–Trinajstić information content (AvgIpc) is 3.22. The fourth-order valence-electron chi connectivity index (χ4n) is 3.41. The number of hydrogen-bond acceptors (Lipinski definition) is 4. The number of nitrogens with zero attached hydrogens (tertiary/aromatic N) is 3. The lowest BCUT2D eigenvalue weighted by atomic mass is 10.1. The van der Waals surface area contributed by atoms with Crippen molar-refractivity contribution in [2.24, 2.45) is 0 Å². The van der Waals surface area contributed by atoms with Gasteiger partial charge in [0.25, 0.3) is 5.91 Å². The van der Waals surface area contributed by atoms with Crippen molar-refractivity contribution in [1.82, 2.24) is 14.8 Å². The first kappa shape index (κ1) is 21.7. The number of carbonyl (C=O) groups is 2. The zero-order valence-electron chi connectivity index (χ0n) is 16.4. The summed E-state index contributed by atoms with van der Waals surface area (Å²) in [4.78, 5) is 33.3. The lowest BCUT2D eigenvalue weighted by Gasteiger charge is -2.35. The van der Waals surface area contributed by atoms with Crippen LogP contribution in [0.25, 0.3) is 10.6 Å². The van der Waals surface area contributed by atoms with Crippen LogP contribution in [0, 0.1) is 5.82 Å². The molecule has 2 heterocycles. The molecule has 1 fully saturated rings. The minimum absolute atomic E-state index is 0.0390. The van der Waals surface area contributed by atoms with Crippen LogP contribution in [0.5, 0.6) is 0 Å². The summed E-state index contributed by atoms with van der Waals surface area (Å²) in [7, 11) is 0. The number of rotatable bonds is 4. The van der Waals surface area contributed by atoms with Crippen LogP contribution < -0.4 is 0 Å². The molecular weight excluding hydrogens is 460 g/mol. The maximum absolute atomic E-state index is 13.2. The Kier molecular flexibility index (Phi) is 6.55. The Bertz CT molecular complexity index is 1130. The molecule has 1 aliphatic rings. The summed E-state index contributed by atoms with van der Waals surface area (Å²) in [6, 6.07) is 11.2. The Labute approximate surface area is 193 Å². The summed E-state index contributed by atoms with van der Waals surface area (Å²) in [6.07, 6.45) is 0.193. The molecule has 0 spiro atoms. The molecule has 1 aromatic heterocycles. The van der Waals surface area contributed by atoms with Crippen molar-refractivity contribution in [3.05, 3.63) is 75.0 Å². The summed E-state index contributed by atoms with van der Waals surface area (Å²) < 4.78 is 13.2. The van der Waals surface area contributed by atoms with Gasteiger partial charge in [-0.2, -0.15) is 0 Å². The lowest BCUT2D eigenvalue weighted by molar-refractivity contribution is -0.132. The molecule has 0 aliphatic carbocycles. The quantitative estimate of drug-likeness (QED) is 0.542. The van der Waals surface area contributed by atoms with Crippen LogP contribution in [0.3, 0.4) is 0 Å². The van der Waals surface area contributed by atoms with E-state index in [0.717, 1.165) is 16.6 Å². The predicted octanol–water partition coefficient (Wildman–Crippen LogP) is 4.78. The summed E-state index contributed by atoms with van der Waals surface area (Å²) >= 11 is 13.7.